The number of thioether (sulfide) groups is 1. The van der Waals surface area contributed by atoms with Crippen molar-refractivity contribution in [3.05, 3.63) is 70.4 Å². The fraction of sp³-hybridized carbons (Fsp3) is 0.360. The average Bonchev–Trinajstić information content (AvgIpc) is 3.14. The summed E-state index contributed by atoms with van der Waals surface area (Å²) >= 11 is 1.52. The molecule has 0 bridgehead atoms. The molecule has 4 heterocycles. The molecule has 0 unspecified atom stereocenters. The first-order valence-electron chi connectivity index (χ1n) is 11.1. The maximum Gasteiger partial charge on any atom is 0.258 e. The van der Waals surface area contributed by atoms with Crippen molar-refractivity contribution in [3.63, 3.8) is 0 Å². The van der Waals surface area contributed by atoms with Gasteiger partial charge in [0.25, 0.3) is 5.91 Å². The van der Waals surface area contributed by atoms with Crippen molar-refractivity contribution < 1.29 is 4.79 Å². The molecule has 3 aromatic rings. The maximum atomic E-state index is 12.8. The van der Waals surface area contributed by atoms with Crippen molar-refractivity contribution in [2.24, 2.45) is 0 Å². The molecule has 0 aliphatic carbocycles. The third-order valence-electron chi connectivity index (χ3n) is 6.33. The second-order valence-corrected chi connectivity index (χ2v) is 9.45. The summed E-state index contributed by atoms with van der Waals surface area (Å²) < 4.78 is 2.12. The van der Waals surface area contributed by atoms with Crippen LogP contribution in [-0.2, 0) is 4.79 Å². The molecule has 2 aliphatic rings. The Hall–Kier alpha value is -1.99. The van der Waals surface area contributed by atoms with Gasteiger partial charge in [0.2, 0.25) is 0 Å². The van der Waals surface area contributed by atoms with E-state index in [4.69, 9.17) is 0 Å². The molecular formula is C25H30Cl2N4OS. The van der Waals surface area contributed by atoms with Crippen LogP contribution in [0.5, 0.6) is 0 Å². The van der Waals surface area contributed by atoms with Gasteiger partial charge in [-0.05, 0) is 75.5 Å². The van der Waals surface area contributed by atoms with Crippen molar-refractivity contribution in [3.8, 4) is 0 Å². The summed E-state index contributed by atoms with van der Waals surface area (Å²) in [5.41, 5.74) is 4.37. The molecule has 0 saturated carbocycles. The number of carbonyl (C=O) groups is 1. The van der Waals surface area contributed by atoms with E-state index in [-0.39, 0.29) is 30.7 Å². The molecule has 1 fully saturated rings. The fourth-order valence-electron chi connectivity index (χ4n) is 4.63. The summed E-state index contributed by atoms with van der Waals surface area (Å²) in [6.45, 7) is 6.02. The van der Waals surface area contributed by atoms with E-state index < -0.39 is 0 Å². The zero-order valence-corrected chi connectivity index (χ0v) is 21.1. The zero-order chi connectivity index (χ0) is 21.2. The van der Waals surface area contributed by atoms with E-state index in [9.17, 15) is 4.79 Å². The van der Waals surface area contributed by atoms with Crippen LogP contribution in [0.1, 0.15) is 42.1 Å². The number of nitrogens with one attached hydrogen (secondary N) is 1. The number of aromatic nitrogens is 2. The van der Waals surface area contributed by atoms with Crippen LogP contribution in [0, 0.1) is 6.92 Å². The fourth-order valence-corrected chi connectivity index (χ4v) is 5.62. The number of imidazole rings is 1. The van der Waals surface area contributed by atoms with Crippen LogP contribution in [0.3, 0.4) is 0 Å². The van der Waals surface area contributed by atoms with Crippen LogP contribution in [0.4, 0.5) is 0 Å². The lowest BCUT2D eigenvalue weighted by Crippen LogP contribution is -2.35. The topological polar surface area (TPSA) is 49.6 Å². The monoisotopic (exact) mass is 504 g/mol. The Labute approximate surface area is 211 Å². The van der Waals surface area contributed by atoms with Crippen molar-refractivity contribution in [2.45, 2.75) is 37.1 Å². The summed E-state index contributed by atoms with van der Waals surface area (Å²) in [6.07, 6.45) is 5.39. The van der Waals surface area contributed by atoms with Crippen molar-refractivity contribution in [1.29, 1.82) is 0 Å². The molecule has 33 heavy (non-hydrogen) atoms. The second-order valence-electron chi connectivity index (χ2n) is 8.39. The van der Waals surface area contributed by atoms with E-state index in [1.807, 2.05) is 31.2 Å². The number of benzene rings is 1. The number of likely N-dealkylation sites (tertiary alicyclic amines) is 1. The number of hydrogen-bond acceptors (Lipinski definition) is 4. The lowest BCUT2D eigenvalue weighted by atomic mass is 9.89. The quantitative estimate of drug-likeness (QED) is 0.461. The molecule has 1 saturated heterocycles. The first-order valence-corrected chi connectivity index (χ1v) is 11.9. The predicted octanol–water partition coefficient (Wildman–Crippen LogP) is 5.32. The van der Waals surface area contributed by atoms with Crippen LogP contribution in [0.25, 0.3) is 11.7 Å². The van der Waals surface area contributed by atoms with E-state index in [0.29, 0.717) is 12.5 Å². The van der Waals surface area contributed by atoms with Gasteiger partial charge in [-0.2, -0.15) is 0 Å². The lowest BCUT2D eigenvalue weighted by Gasteiger charge is -2.32. The largest absolute Gasteiger partial charge is 0.352 e. The standard InChI is InChI=1S/C25H28N4OS.2ClH/c1-18-21-17-22(31-24-10-5-9-23(27-18)29(21)24)25(30)26-13-6-14-28-15-11-20(12-16-28)19-7-3-2-4-8-19;;/h2-5,7-10,17,20H,6,11-16H2,1H3,(H,26,30);2*1H. The van der Waals surface area contributed by atoms with E-state index in [1.165, 1.54) is 30.2 Å². The van der Waals surface area contributed by atoms with Gasteiger partial charge >= 0.3 is 0 Å². The number of piperidine rings is 1. The van der Waals surface area contributed by atoms with Gasteiger partial charge in [-0.3, -0.25) is 9.20 Å². The highest BCUT2D eigenvalue weighted by atomic mass is 35.5. The number of rotatable bonds is 6. The second kappa shape index (κ2) is 11.4. The number of aryl methyl sites for hydroxylation is 1. The Bertz CT molecular complexity index is 1120. The molecule has 1 amide bonds. The minimum Gasteiger partial charge on any atom is -0.352 e. The molecule has 1 aromatic carbocycles. The predicted molar refractivity (Wildman–Crippen MR) is 141 cm³/mol. The molecule has 1 N–H and O–H groups in total. The molecule has 176 valence electrons. The number of halogens is 2. The van der Waals surface area contributed by atoms with Crippen molar-refractivity contribution in [2.75, 3.05) is 26.2 Å². The SMILES string of the molecule is Cc1nc2cccc3n2c1C=C(C(=O)NCCCN1CCC(c2ccccc2)CC1)S3.Cl.Cl. The highest BCUT2D eigenvalue weighted by Crippen LogP contribution is 2.35. The number of amides is 1. The third-order valence-corrected chi connectivity index (χ3v) is 7.38. The maximum absolute atomic E-state index is 12.8. The minimum absolute atomic E-state index is 0. The Morgan fingerprint density at radius 2 is 1.85 bits per heavy atom. The zero-order valence-electron chi connectivity index (χ0n) is 18.7. The Morgan fingerprint density at radius 3 is 2.61 bits per heavy atom. The average molecular weight is 506 g/mol. The summed E-state index contributed by atoms with van der Waals surface area (Å²) in [7, 11) is 0. The normalized spacial score (nSPS) is 16.0. The highest BCUT2D eigenvalue weighted by Gasteiger charge is 2.22. The molecule has 0 atom stereocenters. The number of carbonyl (C=O) groups excluding carboxylic acids is 1. The molecular weight excluding hydrogens is 475 g/mol. The van der Waals surface area contributed by atoms with Crippen LogP contribution in [-0.4, -0.2) is 46.4 Å². The first kappa shape index (κ1) is 25.6. The lowest BCUT2D eigenvalue weighted by molar-refractivity contribution is -0.116. The summed E-state index contributed by atoms with van der Waals surface area (Å²) in [5, 5.41) is 4.16. The molecule has 5 rings (SSSR count). The van der Waals surface area contributed by atoms with Gasteiger partial charge in [-0.25, -0.2) is 4.98 Å². The number of nitrogens with zero attached hydrogens (tertiary/aromatic N) is 3. The molecule has 0 radical (unpaired) electrons. The molecule has 8 heteroatoms. The van der Waals surface area contributed by atoms with Gasteiger partial charge in [-0.1, -0.05) is 48.2 Å². The van der Waals surface area contributed by atoms with Crippen LogP contribution < -0.4 is 5.32 Å². The molecule has 5 nitrogen and oxygen atoms in total. The molecule has 2 aliphatic heterocycles. The van der Waals surface area contributed by atoms with Gasteiger partial charge in [-0.15, -0.1) is 24.8 Å². The molecule has 2 aromatic heterocycles. The van der Waals surface area contributed by atoms with Crippen LogP contribution >= 0.6 is 36.6 Å². The van der Waals surface area contributed by atoms with E-state index in [0.717, 1.165) is 53.0 Å². The summed E-state index contributed by atoms with van der Waals surface area (Å²) in [5.74, 6) is 0.699. The van der Waals surface area contributed by atoms with E-state index >= 15 is 0 Å². The first-order chi connectivity index (χ1) is 15.2. The highest BCUT2D eigenvalue weighted by molar-refractivity contribution is 8.04. The Kier molecular flexibility index (Phi) is 8.88. The van der Waals surface area contributed by atoms with E-state index in [1.54, 1.807) is 0 Å². The van der Waals surface area contributed by atoms with Crippen molar-refractivity contribution >= 4 is 54.2 Å². The van der Waals surface area contributed by atoms with Gasteiger partial charge in [0.15, 0.2) is 0 Å². The van der Waals surface area contributed by atoms with Gasteiger partial charge in [0.05, 0.1) is 21.3 Å². The van der Waals surface area contributed by atoms with E-state index in [2.05, 4.69) is 49.9 Å². The van der Waals surface area contributed by atoms with Crippen LogP contribution in [0.2, 0.25) is 0 Å². The van der Waals surface area contributed by atoms with Gasteiger partial charge < -0.3 is 10.2 Å². The third kappa shape index (κ3) is 5.57. The minimum atomic E-state index is 0. The summed E-state index contributed by atoms with van der Waals surface area (Å²) in [6, 6.07) is 16.9. The van der Waals surface area contributed by atoms with Crippen molar-refractivity contribution in [1.82, 2.24) is 19.6 Å². The Balaban J connectivity index is 0.00000153. The number of hydrogen-bond donors (Lipinski definition) is 1. The van der Waals surface area contributed by atoms with Gasteiger partial charge in [0.1, 0.15) is 5.65 Å². The number of pyridine rings is 1. The Morgan fingerprint density at radius 1 is 1.09 bits per heavy atom. The summed E-state index contributed by atoms with van der Waals surface area (Å²) in [4.78, 5) is 20.6. The van der Waals surface area contributed by atoms with Crippen LogP contribution in [0.15, 0.2) is 58.5 Å². The molecule has 0 spiro atoms. The van der Waals surface area contributed by atoms with Gasteiger partial charge in [0, 0.05) is 6.54 Å². The smallest absolute Gasteiger partial charge is 0.258 e.